The summed E-state index contributed by atoms with van der Waals surface area (Å²) in [5.74, 6) is -0.239. The molecule has 8 heteroatoms. The highest BCUT2D eigenvalue weighted by Gasteiger charge is 2.23. The Kier molecular flexibility index (Phi) is 7.18. The number of aromatic nitrogens is 1. The molecule has 0 spiro atoms. The van der Waals surface area contributed by atoms with Crippen molar-refractivity contribution in [3.05, 3.63) is 94.9 Å². The van der Waals surface area contributed by atoms with Crippen molar-refractivity contribution in [3.8, 4) is 22.8 Å². The first-order chi connectivity index (χ1) is 16.5. The van der Waals surface area contributed by atoms with Crippen molar-refractivity contribution in [1.82, 2.24) is 4.98 Å². The van der Waals surface area contributed by atoms with E-state index in [9.17, 15) is 13.6 Å². The molecule has 4 rings (SSSR count). The van der Waals surface area contributed by atoms with E-state index in [2.05, 4.69) is 4.98 Å². The number of anilines is 1. The number of methoxy groups -OCH3 is 2. The number of benzene rings is 3. The topological polar surface area (TPSA) is 51.7 Å². The number of rotatable bonds is 8. The molecule has 1 heterocycles. The van der Waals surface area contributed by atoms with Gasteiger partial charge in [-0.3, -0.25) is 9.69 Å². The Balaban J connectivity index is 1.64. The van der Waals surface area contributed by atoms with E-state index in [1.54, 1.807) is 43.9 Å². The van der Waals surface area contributed by atoms with Gasteiger partial charge in [0.2, 0.25) is 0 Å². The molecule has 0 aliphatic heterocycles. The maximum Gasteiger partial charge on any atom is 0.263 e. The molecule has 0 N–H and O–H groups in total. The Labute approximate surface area is 200 Å². The van der Waals surface area contributed by atoms with Gasteiger partial charge in [-0.25, -0.2) is 13.8 Å². The highest BCUT2D eigenvalue weighted by atomic mass is 32.1. The number of amides is 1. The monoisotopic (exact) mass is 480 g/mol. The number of thiazole rings is 1. The molecule has 1 amide bonds. The summed E-state index contributed by atoms with van der Waals surface area (Å²) in [4.78, 5) is 19.4. The quantitative estimate of drug-likeness (QED) is 0.311. The van der Waals surface area contributed by atoms with Crippen LogP contribution in [-0.4, -0.2) is 31.7 Å². The second-order valence-corrected chi connectivity index (χ2v) is 8.23. The van der Waals surface area contributed by atoms with E-state index in [1.807, 2.05) is 12.1 Å². The zero-order chi connectivity index (χ0) is 24.1. The van der Waals surface area contributed by atoms with E-state index in [4.69, 9.17) is 9.47 Å². The SMILES string of the molecule is COc1ccc(CCN(C(=O)c2ccccc2F)c2nc(-c3ccc(F)cc3)cs2)cc1OC. The van der Waals surface area contributed by atoms with Crippen molar-refractivity contribution < 1.29 is 23.0 Å². The summed E-state index contributed by atoms with van der Waals surface area (Å²) in [6.45, 7) is 0.263. The van der Waals surface area contributed by atoms with Crippen LogP contribution >= 0.6 is 11.3 Å². The van der Waals surface area contributed by atoms with Crippen LogP contribution in [0.1, 0.15) is 15.9 Å². The molecule has 0 saturated carbocycles. The van der Waals surface area contributed by atoms with Crippen molar-refractivity contribution in [1.29, 1.82) is 0 Å². The minimum atomic E-state index is -0.598. The van der Waals surface area contributed by atoms with Crippen LogP contribution in [0.15, 0.2) is 72.1 Å². The van der Waals surface area contributed by atoms with Gasteiger partial charge in [0.25, 0.3) is 5.91 Å². The van der Waals surface area contributed by atoms with Gasteiger partial charge in [0.15, 0.2) is 16.6 Å². The minimum Gasteiger partial charge on any atom is -0.493 e. The van der Waals surface area contributed by atoms with E-state index >= 15 is 0 Å². The molecule has 0 saturated heterocycles. The average Bonchev–Trinajstić information content (AvgIpc) is 3.34. The predicted molar refractivity (Wildman–Crippen MR) is 129 cm³/mol. The van der Waals surface area contributed by atoms with Crippen LogP contribution in [0.5, 0.6) is 11.5 Å². The summed E-state index contributed by atoms with van der Waals surface area (Å²) >= 11 is 1.27. The number of hydrogen-bond acceptors (Lipinski definition) is 5. The van der Waals surface area contributed by atoms with Crippen molar-refractivity contribution >= 4 is 22.4 Å². The molecule has 174 valence electrons. The van der Waals surface area contributed by atoms with E-state index in [1.165, 1.54) is 46.6 Å². The second kappa shape index (κ2) is 10.4. The zero-order valence-corrected chi connectivity index (χ0v) is 19.4. The first-order valence-electron chi connectivity index (χ1n) is 10.5. The van der Waals surface area contributed by atoms with Crippen LogP contribution < -0.4 is 14.4 Å². The molecular formula is C26H22F2N2O3S. The molecule has 3 aromatic carbocycles. The minimum absolute atomic E-state index is 0.0339. The van der Waals surface area contributed by atoms with Gasteiger partial charge in [-0.2, -0.15) is 0 Å². The Morgan fingerprint density at radius 1 is 0.971 bits per heavy atom. The van der Waals surface area contributed by atoms with Gasteiger partial charge in [0, 0.05) is 17.5 Å². The molecular weight excluding hydrogens is 458 g/mol. The largest absolute Gasteiger partial charge is 0.493 e. The third kappa shape index (κ3) is 5.07. The van der Waals surface area contributed by atoms with E-state index in [0.717, 1.165) is 11.1 Å². The molecule has 0 fully saturated rings. The summed E-state index contributed by atoms with van der Waals surface area (Å²) < 4.78 is 38.4. The number of nitrogens with zero attached hydrogens (tertiary/aromatic N) is 2. The number of carbonyl (C=O) groups is 1. The van der Waals surface area contributed by atoms with Gasteiger partial charge in [0.1, 0.15) is 11.6 Å². The maximum absolute atomic E-state index is 14.4. The summed E-state index contributed by atoms with van der Waals surface area (Å²) in [5.41, 5.74) is 2.21. The van der Waals surface area contributed by atoms with Crippen LogP contribution in [0, 0.1) is 11.6 Å². The summed E-state index contributed by atoms with van der Waals surface area (Å²) in [5, 5.41) is 2.22. The van der Waals surface area contributed by atoms with Gasteiger partial charge in [0.05, 0.1) is 25.5 Å². The molecule has 0 radical (unpaired) electrons. The lowest BCUT2D eigenvalue weighted by molar-refractivity contribution is 0.0983. The Hall–Kier alpha value is -3.78. The fourth-order valence-corrected chi connectivity index (χ4v) is 4.34. The first kappa shape index (κ1) is 23.4. The lowest BCUT2D eigenvalue weighted by Crippen LogP contribution is -2.33. The molecule has 1 aromatic heterocycles. The number of carbonyl (C=O) groups excluding carboxylic acids is 1. The average molecular weight is 481 g/mol. The molecule has 0 unspecified atom stereocenters. The smallest absolute Gasteiger partial charge is 0.263 e. The second-order valence-electron chi connectivity index (χ2n) is 7.40. The highest BCUT2D eigenvalue weighted by molar-refractivity contribution is 7.14. The third-order valence-corrected chi connectivity index (χ3v) is 6.15. The van der Waals surface area contributed by atoms with Crippen LogP contribution in [0.2, 0.25) is 0 Å². The van der Waals surface area contributed by atoms with Gasteiger partial charge < -0.3 is 9.47 Å². The number of hydrogen-bond donors (Lipinski definition) is 0. The molecule has 0 aliphatic carbocycles. The Morgan fingerprint density at radius 3 is 2.41 bits per heavy atom. The van der Waals surface area contributed by atoms with Gasteiger partial charge in [-0.05, 0) is 60.5 Å². The zero-order valence-electron chi connectivity index (χ0n) is 18.6. The van der Waals surface area contributed by atoms with Crippen molar-refractivity contribution in [2.75, 3.05) is 25.7 Å². The van der Waals surface area contributed by atoms with Crippen molar-refractivity contribution in [2.45, 2.75) is 6.42 Å². The molecule has 4 aromatic rings. The maximum atomic E-state index is 14.4. The first-order valence-corrected chi connectivity index (χ1v) is 11.4. The van der Waals surface area contributed by atoms with Crippen LogP contribution in [-0.2, 0) is 6.42 Å². The Morgan fingerprint density at radius 2 is 1.71 bits per heavy atom. The van der Waals surface area contributed by atoms with Gasteiger partial charge >= 0.3 is 0 Å². The summed E-state index contributed by atoms with van der Waals surface area (Å²) in [7, 11) is 3.12. The molecule has 0 aliphatic rings. The number of halogens is 2. The number of ether oxygens (including phenoxy) is 2. The molecule has 5 nitrogen and oxygen atoms in total. The Bertz CT molecular complexity index is 1290. The van der Waals surface area contributed by atoms with E-state index in [-0.39, 0.29) is 17.9 Å². The lowest BCUT2D eigenvalue weighted by Gasteiger charge is -2.20. The normalized spacial score (nSPS) is 10.7. The fourth-order valence-electron chi connectivity index (χ4n) is 3.48. The van der Waals surface area contributed by atoms with E-state index < -0.39 is 11.7 Å². The van der Waals surface area contributed by atoms with Crippen molar-refractivity contribution in [3.63, 3.8) is 0 Å². The highest BCUT2D eigenvalue weighted by Crippen LogP contribution is 2.31. The fraction of sp³-hybridized carbons (Fsp3) is 0.154. The molecule has 34 heavy (non-hydrogen) atoms. The molecule has 0 bridgehead atoms. The van der Waals surface area contributed by atoms with Crippen LogP contribution in [0.4, 0.5) is 13.9 Å². The predicted octanol–water partition coefficient (Wildman–Crippen LogP) is 6.00. The van der Waals surface area contributed by atoms with Crippen LogP contribution in [0.25, 0.3) is 11.3 Å². The third-order valence-electron chi connectivity index (χ3n) is 5.28. The summed E-state index contributed by atoms with van der Waals surface area (Å²) in [6.07, 6.45) is 0.478. The summed E-state index contributed by atoms with van der Waals surface area (Å²) in [6, 6.07) is 17.4. The van der Waals surface area contributed by atoms with Crippen LogP contribution in [0.3, 0.4) is 0 Å². The lowest BCUT2D eigenvalue weighted by atomic mass is 10.1. The standard InChI is InChI=1S/C26H22F2N2O3S/c1-32-23-12-7-17(15-24(23)33-2)13-14-30(25(31)20-5-3-4-6-21(20)28)26-29-22(16-34-26)18-8-10-19(27)11-9-18/h3-12,15-16H,13-14H2,1-2H3. The molecule has 0 atom stereocenters. The van der Waals surface area contributed by atoms with Gasteiger partial charge in [-0.1, -0.05) is 18.2 Å². The van der Waals surface area contributed by atoms with Gasteiger partial charge in [-0.15, -0.1) is 11.3 Å². The van der Waals surface area contributed by atoms with Crippen molar-refractivity contribution in [2.24, 2.45) is 0 Å². The van der Waals surface area contributed by atoms with E-state index in [0.29, 0.717) is 28.7 Å².